The van der Waals surface area contributed by atoms with Crippen LogP contribution in [0.5, 0.6) is 11.8 Å². The summed E-state index contributed by atoms with van der Waals surface area (Å²) in [5.41, 5.74) is 2.16. The van der Waals surface area contributed by atoms with Gasteiger partial charge in [-0.3, -0.25) is 0 Å². The number of nitrogens with zero attached hydrogens (tertiary/aromatic N) is 7. The van der Waals surface area contributed by atoms with Gasteiger partial charge in [0.25, 0.3) is 5.88 Å². The first-order valence-corrected chi connectivity index (χ1v) is 9.90. The SMILES string of the molecule is COc1ncc(F)cc1-n1nc2c(c1C)Nc1ncc3c(Cl)nn(c3n1)C[C@@H](C)CO2. The van der Waals surface area contributed by atoms with E-state index in [0.717, 1.165) is 6.20 Å². The van der Waals surface area contributed by atoms with E-state index < -0.39 is 5.82 Å². The summed E-state index contributed by atoms with van der Waals surface area (Å²) in [7, 11) is 1.46. The van der Waals surface area contributed by atoms with Gasteiger partial charge in [-0.1, -0.05) is 18.5 Å². The summed E-state index contributed by atoms with van der Waals surface area (Å²) in [4.78, 5) is 12.9. The van der Waals surface area contributed by atoms with Crippen LogP contribution in [0.15, 0.2) is 18.5 Å². The summed E-state index contributed by atoms with van der Waals surface area (Å²) < 4.78 is 28.5. The Labute approximate surface area is 181 Å². The first kappa shape index (κ1) is 19.5. The molecule has 10 nitrogen and oxygen atoms in total. The highest BCUT2D eigenvalue weighted by molar-refractivity contribution is 6.34. The van der Waals surface area contributed by atoms with Gasteiger partial charge in [0.1, 0.15) is 17.2 Å². The maximum absolute atomic E-state index is 13.9. The molecule has 0 aliphatic carbocycles. The molecule has 12 heteroatoms. The third kappa shape index (κ3) is 3.30. The Kier molecular flexibility index (Phi) is 4.62. The normalized spacial score (nSPS) is 15.8. The van der Waals surface area contributed by atoms with Crippen molar-refractivity contribution < 1.29 is 13.9 Å². The number of anilines is 2. The number of nitrogens with one attached hydrogen (secondary N) is 1. The van der Waals surface area contributed by atoms with E-state index >= 15 is 0 Å². The summed E-state index contributed by atoms with van der Waals surface area (Å²) >= 11 is 6.24. The highest BCUT2D eigenvalue weighted by atomic mass is 35.5. The molecular formula is C19H18ClFN8O2. The minimum atomic E-state index is -0.510. The van der Waals surface area contributed by atoms with Crippen LogP contribution in [0.4, 0.5) is 16.0 Å². The molecule has 160 valence electrons. The Bertz CT molecular complexity index is 1300. The first-order valence-electron chi connectivity index (χ1n) is 9.53. The lowest BCUT2D eigenvalue weighted by molar-refractivity contribution is 0.233. The summed E-state index contributed by atoms with van der Waals surface area (Å²) in [6.45, 7) is 4.76. The van der Waals surface area contributed by atoms with Crippen LogP contribution in [0.25, 0.3) is 16.7 Å². The van der Waals surface area contributed by atoms with E-state index in [-0.39, 0.29) is 11.8 Å². The van der Waals surface area contributed by atoms with Crippen LogP contribution in [-0.2, 0) is 6.54 Å². The number of hydrogen-bond donors (Lipinski definition) is 1. The number of fused-ring (bicyclic) bond motifs is 2. The van der Waals surface area contributed by atoms with E-state index in [1.807, 2.05) is 13.8 Å². The highest BCUT2D eigenvalue weighted by Gasteiger charge is 2.24. The minimum Gasteiger partial charge on any atom is -0.479 e. The molecule has 0 unspecified atom stereocenters. The third-order valence-corrected chi connectivity index (χ3v) is 5.25. The lowest BCUT2D eigenvalue weighted by Crippen LogP contribution is -2.16. The number of methoxy groups -OCH3 is 1. The monoisotopic (exact) mass is 444 g/mol. The molecule has 1 N–H and O–H groups in total. The van der Waals surface area contributed by atoms with Gasteiger partial charge in [0, 0.05) is 24.7 Å². The zero-order valence-electron chi connectivity index (χ0n) is 16.9. The van der Waals surface area contributed by atoms with Gasteiger partial charge in [-0.25, -0.2) is 23.7 Å². The molecule has 0 amide bonds. The molecule has 1 aliphatic rings. The van der Waals surface area contributed by atoms with Crippen molar-refractivity contribution in [3.63, 3.8) is 0 Å². The zero-order valence-corrected chi connectivity index (χ0v) is 17.7. The molecule has 5 rings (SSSR count). The maximum atomic E-state index is 13.9. The van der Waals surface area contributed by atoms with Crippen molar-refractivity contribution in [3.05, 3.63) is 35.1 Å². The zero-order chi connectivity index (χ0) is 21.7. The summed E-state index contributed by atoms with van der Waals surface area (Å²) in [5.74, 6) is 0.466. The van der Waals surface area contributed by atoms with Gasteiger partial charge in [0.15, 0.2) is 10.8 Å². The van der Waals surface area contributed by atoms with Crippen LogP contribution >= 0.6 is 11.6 Å². The van der Waals surface area contributed by atoms with Crippen molar-refractivity contribution >= 4 is 34.3 Å². The molecule has 0 saturated carbocycles. The van der Waals surface area contributed by atoms with Gasteiger partial charge in [0.05, 0.1) is 31.0 Å². The van der Waals surface area contributed by atoms with Crippen molar-refractivity contribution in [2.75, 3.05) is 19.0 Å². The molecule has 2 bridgehead atoms. The lowest BCUT2D eigenvalue weighted by atomic mass is 10.2. The van der Waals surface area contributed by atoms with Crippen LogP contribution in [0, 0.1) is 18.7 Å². The molecule has 0 saturated heterocycles. The van der Waals surface area contributed by atoms with E-state index in [4.69, 9.17) is 21.1 Å². The van der Waals surface area contributed by atoms with Crippen LogP contribution in [0.1, 0.15) is 12.6 Å². The van der Waals surface area contributed by atoms with E-state index in [1.54, 1.807) is 10.9 Å². The number of pyridine rings is 1. The Morgan fingerprint density at radius 3 is 2.94 bits per heavy atom. The Morgan fingerprint density at radius 2 is 2.13 bits per heavy atom. The van der Waals surface area contributed by atoms with E-state index in [9.17, 15) is 4.39 Å². The van der Waals surface area contributed by atoms with Gasteiger partial charge < -0.3 is 14.8 Å². The van der Waals surface area contributed by atoms with E-state index in [1.165, 1.54) is 17.9 Å². The third-order valence-electron chi connectivity index (χ3n) is 4.97. The molecule has 0 spiro atoms. The molecule has 1 aliphatic heterocycles. The van der Waals surface area contributed by atoms with Crippen LogP contribution in [0.3, 0.4) is 0 Å². The summed E-state index contributed by atoms with van der Waals surface area (Å²) in [6.07, 6.45) is 2.71. The molecule has 4 aromatic heterocycles. The van der Waals surface area contributed by atoms with E-state index in [2.05, 4.69) is 30.5 Å². The fourth-order valence-corrected chi connectivity index (χ4v) is 3.70. The average molecular weight is 445 g/mol. The predicted octanol–water partition coefficient (Wildman–Crippen LogP) is 3.29. The van der Waals surface area contributed by atoms with Gasteiger partial charge in [-0.05, 0) is 6.92 Å². The van der Waals surface area contributed by atoms with E-state index in [0.29, 0.717) is 58.2 Å². The van der Waals surface area contributed by atoms with Crippen molar-refractivity contribution in [1.82, 2.24) is 34.5 Å². The molecule has 0 radical (unpaired) electrons. The van der Waals surface area contributed by atoms with Crippen molar-refractivity contribution in [2.24, 2.45) is 5.92 Å². The molecular weight excluding hydrogens is 427 g/mol. The quantitative estimate of drug-likeness (QED) is 0.502. The Balaban J connectivity index is 1.67. The highest BCUT2D eigenvalue weighted by Crippen LogP contribution is 2.35. The Morgan fingerprint density at radius 1 is 1.29 bits per heavy atom. The van der Waals surface area contributed by atoms with Gasteiger partial charge in [0.2, 0.25) is 11.8 Å². The fourth-order valence-electron chi connectivity index (χ4n) is 3.47. The lowest BCUT2D eigenvalue weighted by Gasteiger charge is -2.12. The predicted molar refractivity (Wildman–Crippen MR) is 111 cm³/mol. The summed E-state index contributed by atoms with van der Waals surface area (Å²) in [6, 6.07) is 1.30. The average Bonchev–Trinajstić information content (AvgIpc) is 3.22. The second-order valence-corrected chi connectivity index (χ2v) is 7.66. The number of hydrogen-bond acceptors (Lipinski definition) is 8. The van der Waals surface area contributed by atoms with Crippen LogP contribution in [-0.4, -0.2) is 48.2 Å². The number of aromatic nitrogens is 7. The number of halogens is 2. The molecule has 0 fully saturated rings. The van der Waals surface area contributed by atoms with Crippen LogP contribution in [0.2, 0.25) is 5.15 Å². The van der Waals surface area contributed by atoms with Crippen molar-refractivity contribution in [2.45, 2.75) is 20.4 Å². The molecule has 4 aromatic rings. The largest absolute Gasteiger partial charge is 0.479 e. The smallest absolute Gasteiger partial charge is 0.257 e. The molecule has 0 aromatic carbocycles. The molecule has 1 atom stereocenters. The van der Waals surface area contributed by atoms with Crippen molar-refractivity contribution in [1.29, 1.82) is 0 Å². The molecule has 5 heterocycles. The maximum Gasteiger partial charge on any atom is 0.257 e. The topological polar surface area (TPSA) is 105 Å². The number of ether oxygens (including phenoxy) is 2. The Hall–Kier alpha value is -3.47. The standard InChI is InChI=1S/C19H18ClFN8O2/c1-9-7-28-16-12(15(20)26-28)6-23-19(25-16)24-14-10(2)29(27-18(14)31-8-9)13-4-11(21)5-22-17(13)30-3/h4-6,9H,7-8H2,1-3H3,(H,23,24,25)/t9-/m1/s1. The summed E-state index contributed by atoms with van der Waals surface area (Å²) in [5, 5.41) is 13.1. The molecule has 31 heavy (non-hydrogen) atoms. The minimum absolute atomic E-state index is 0.0827. The first-order chi connectivity index (χ1) is 14.9. The fraction of sp³-hybridized carbons (Fsp3) is 0.316. The number of rotatable bonds is 2. The van der Waals surface area contributed by atoms with Crippen molar-refractivity contribution in [3.8, 4) is 17.4 Å². The van der Waals surface area contributed by atoms with Crippen LogP contribution < -0.4 is 14.8 Å². The van der Waals surface area contributed by atoms with Gasteiger partial charge >= 0.3 is 0 Å². The second kappa shape index (κ2) is 7.34. The van der Waals surface area contributed by atoms with Gasteiger partial charge in [-0.15, -0.1) is 5.10 Å². The second-order valence-electron chi connectivity index (χ2n) is 7.30. The van der Waals surface area contributed by atoms with Gasteiger partial charge in [-0.2, -0.15) is 10.1 Å².